The van der Waals surface area contributed by atoms with Crippen LogP contribution >= 0.6 is 0 Å². The molecular formula is C20H18O5. The van der Waals surface area contributed by atoms with Gasteiger partial charge in [-0.3, -0.25) is 4.79 Å². The van der Waals surface area contributed by atoms with Crippen molar-refractivity contribution in [3.8, 4) is 11.5 Å². The van der Waals surface area contributed by atoms with Gasteiger partial charge in [0.15, 0.2) is 12.4 Å². The van der Waals surface area contributed by atoms with Gasteiger partial charge in [0.1, 0.15) is 17.1 Å². The van der Waals surface area contributed by atoms with E-state index in [4.69, 9.17) is 13.9 Å². The molecule has 2 aromatic carbocycles. The summed E-state index contributed by atoms with van der Waals surface area (Å²) in [6, 6.07) is 13.6. The Kier molecular flexibility index (Phi) is 4.84. The molecule has 1 heterocycles. The summed E-state index contributed by atoms with van der Waals surface area (Å²) in [6.07, 6.45) is 0.734. The van der Waals surface area contributed by atoms with Gasteiger partial charge in [-0.15, -0.1) is 0 Å². The summed E-state index contributed by atoms with van der Waals surface area (Å²) in [5, 5.41) is 0.871. The van der Waals surface area contributed by atoms with Crippen LogP contribution < -0.4 is 15.1 Å². The summed E-state index contributed by atoms with van der Waals surface area (Å²) < 4.78 is 15.9. The van der Waals surface area contributed by atoms with E-state index in [0.717, 1.165) is 17.4 Å². The average molecular weight is 338 g/mol. The fourth-order valence-electron chi connectivity index (χ4n) is 2.60. The lowest BCUT2D eigenvalue weighted by Crippen LogP contribution is -2.11. The second kappa shape index (κ2) is 7.21. The van der Waals surface area contributed by atoms with E-state index in [1.807, 2.05) is 13.0 Å². The molecule has 0 aliphatic carbocycles. The van der Waals surface area contributed by atoms with E-state index in [2.05, 4.69) is 0 Å². The Bertz CT molecular complexity index is 954. The number of fused-ring (bicyclic) bond motifs is 1. The van der Waals surface area contributed by atoms with E-state index >= 15 is 0 Å². The lowest BCUT2D eigenvalue weighted by atomic mass is 10.1. The van der Waals surface area contributed by atoms with Gasteiger partial charge in [0.25, 0.3) is 0 Å². The molecule has 0 aliphatic heterocycles. The van der Waals surface area contributed by atoms with Crippen molar-refractivity contribution in [3.63, 3.8) is 0 Å². The highest BCUT2D eigenvalue weighted by Crippen LogP contribution is 2.23. The number of hydrogen-bond donors (Lipinski definition) is 0. The fourth-order valence-corrected chi connectivity index (χ4v) is 2.60. The van der Waals surface area contributed by atoms with Crippen LogP contribution in [0.25, 0.3) is 11.0 Å². The van der Waals surface area contributed by atoms with Gasteiger partial charge in [0, 0.05) is 23.1 Å². The molecule has 0 aliphatic rings. The summed E-state index contributed by atoms with van der Waals surface area (Å²) in [5.41, 5.74) is 1.53. The Morgan fingerprint density at radius 3 is 2.44 bits per heavy atom. The molecule has 0 saturated carbocycles. The smallest absolute Gasteiger partial charge is 0.336 e. The van der Waals surface area contributed by atoms with Crippen molar-refractivity contribution < 1.29 is 18.7 Å². The third kappa shape index (κ3) is 3.71. The standard InChI is InChI=1S/C20H18O5/c1-3-13-10-20(22)25-19-11-16(8-9-17(13)19)24-12-18(21)14-4-6-15(23-2)7-5-14/h4-11H,3,12H2,1-2H3. The van der Waals surface area contributed by atoms with Gasteiger partial charge < -0.3 is 13.9 Å². The highest BCUT2D eigenvalue weighted by atomic mass is 16.5. The summed E-state index contributed by atoms with van der Waals surface area (Å²) in [6.45, 7) is 1.88. The first kappa shape index (κ1) is 16.8. The molecule has 3 rings (SSSR count). The Morgan fingerprint density at radius 2 is 1.76 bits per heavy atom. The van der Waals surface area contributed by atoms with Crippen LogP contribution in [0.2, 0.25) is 0 Å². The van der Waals surface area contributed by atoms with Crippen molar-refractivity contribution in [2.24, 2.45) is 0 Å². The maximum absolute atomic E-state index is 12.2. The first-order valence-electron chi connectivity index (χ1n) is 7.97. The molecule has 1 aromatic heterocycles. The van der Waals surface area contributed by atoms with Crippen molar-refractivity contribution in [1.82, 2.24) is 0 Å². The number of ketones is 1. The molecule has 0 fully saturated rings. The van der Waals surface area contributed by atoms with Gasteiger partial charge in [-0.2, -0.15) is 0 Å². The van der Waals surface area contributed by atoms with Gasteiger partial charge in [-0.05, 0) is 48.4 Å². The Balaban J connectivity index is 1.76. The van der Waals surface area contributed by atoms with E-state index in [-0.39, 0.29) is 12.4 Å². The zero-order valence-electron chi connectivity index (χ0n) is 14.1. The van der Waals surface area contributed by atoms with Crippen LogP contribution in [-0.4, -0.2) is 19.5 Å². The highest BCUT2D eigenvalue weighted by molar-refractivity contribution is 5.97. The molecule has 128 valence electrons. The second-order valence-corrected chi connectivity index (χ2v) is 5.54. The van der Waals surface area contributed by atoms with Crippen LogP contribution in [0.15, 0.2) is 57.7 Å². The van der Waals surface area contributed by atoms with E-state index in [9.17, 15) is 9.59 Å². The molecule has 25 heavy (non-hydrogen) atoms. The zero-order chi connectivity index (χ0) is 17.8. The van der Waals surface area contributed by atoms with Crippen LogP contribution in [0.1, 0.15) is 22.8 Å². The summed E-state index contributed by atoms with van der Waals surface area (Å²) in [7, 11) is 1.57. The summed E-state index contributed by atoms with van der Waals surface area (Å²) >= 11 is 0. The molecule has 3 aromatic rings. The van der Waals surface area contributed by atoms with Crippen molar-refractivity contribution >= 4 is 16.8 Å². The number of ether oxygens (including phenoxy) is 2. The number of Topliss-reactive ketones (excluding diaryl/α,β-unsaturated/α-hetero) is 1. The SMILES string of the molecule is CCc1cc(=O)oc2cc(OCC(=O)c3ccc(OC)cc3)ccc12. The highest BCUT2D eigenvalue weighted by Gasteiger charge is 2.09. The predicted molar refractivity (Wildman–Crippen MR) is 94.7 cm³/mol. The van der Waals surface area contributed by atoms with Crippen LogP contribution in [0.4, 0.5) is 0 Å². The van der Waals surface area contributed by atoms with E-state index in [1.54, 1.807) is 43.5 Å². The fraction of sp³-hybridized carbons (Fsp3) is 0.200. The predicted octanol–water partition coefficient (Wildman–Crippen LogP) is 3.63. The van der Waals surface area contributed by atoms with E-state index in [0.29, 0.717) is 22.6 Å². The maximum atomic E-state index is 12.2. The zero-order valence-corrected chi connectivity index (χ0v) is 14.1. The molecule has 0 saturated heterocycles. The molecule has 0 unspecified atom stereocenters. The average Bonchev–Trinajstić information content (AvgIpc) is 2.65. The van der Waals surface area contributed by atoms with Gasteiger partial charge in [0.05, 0.1) is 7.11 Å². The quantitative estimate of drug-likeness (QED) is 0.507. The van der Waals surface area contributed by atoms with Gasteiger partial charge >= 0.3 is 5.63 Å². The molecule has 0 atom stereocenters. The maximum Gasteiger partial charge on any atom is 0.336 e. The number of rotatable bonds is 6. The van der Waals surface area contributed by atoms with Crippen LogP contribution in [-0.2, 0) is 6.42 Å². The molecule has 0 amide bonds. The first-order valence-corrected chi connectivity index (χ1v) is 7.97. The lowest BCUT2D eigenvalue weighted by molar-refractivity contribution is 0.0921. The number of carbonyl (C=O) groups excluding carboxylic acids is 1. The minimum atomic E-state index is -0.393. The first-order chi connectivity index (χ1) is 12.1. The number of aryl methyl sites for hydroxylation is 1. The van der Waals surface area contributed by atoms with Gasteiger partial charge in [-0.25, -0.2) is 4.79 Å². The monoisotopic (exact) mass is 338 g/mol. The van der Waals surface area contributed by atoms with Crippen molar-refractivity contribution in [3.05, 3.63) is 70.1 Å². The molecule has 5 heteroatoms. The molecule has 0 N–H and O–H groups in total. The minimum absolute atomic E-state index is 0.102. The summed E-state index contributed by atoms with van der Waals surface area (Å²) in [4.78, 5) is 23.8. The van der Waals surface area contributed by atoms with Gasteiger partial charge in [-0.1, -0.05) is 6.92 Å². The molecule has 0 radical (unpaired) electrons. The summed E-state index contributed by atoms with van der Waals surface area (Å²) in [5.74, 6) is 1.02. The van der Waals surface area contributed by atoms with E-state index in [1.165, 1.54) is 6.07 Å². The van der Waals surface area contributed by atoms with Crippen molar-refractivity contribution in [2.75, 3.05) is 13.7 Å². The molecule has 0 spiro atoms. The second-order valence-electron chi connectivity index (χ2n) is 5.54. The van der Waals surface area contributed by atoms with Crippen LogP contribution in [0.5, 0.6) is 11.5 Å². The third-order valence-electron chi connectivity index (χ3n) is 3.96. The van der Waals surface area contributed by atoms with Crippen LogP contribution in [0.3, 0.4) is 0 Å². The van der Waals surface area contributed by atoms with Gasteiger partial charge in [0.2, 0.25) is 0 Å². The van der Waals surface area contributed by atoms with Crippen LogP contribution in [0, 0.1) is 0 Å². The van der Waals surface area contributed by atoms with E-state index < -0.39 is 5.63 Å². The number of hydrogen-bond acceptors (Lipinski definition) is 5. The largest absolute Gasteiger partial charge is 0.497 e. The topological polar surface area (TPSA) is 65.7 Å². The number of methoxy groups -OCH3 is 1. The third-order valence-corrected chi connectivity index (χ3v) is 3.96. The normalized spacial score (nSPS) is 10.6. The van der Waals surface area contributed by atoms with Crippen molar-refractivity contribution in [2.45, 2.75) is 13.3 Å². The number of carbonyl (C=O) groups is 1. The molecular weight excluding hydrogens is 320 g/mol. The van der Waals surface area contributed by atoms with Crippen molar-refractivity contribution in [1.29, 1.82) is 0 Å². The number of benzene rings is 2. The lowest BCUT2D eigenvalue weighted by Gasteiger charge is -2.08. The Morgan fingerprint density at radius 1 is 1.04 bits per heavy atom. The molecule has 0 bridgehead atoms. The minimum Gasteiger partial charge on any atom is -0.497 e. The molecule has 5 nitrogen and oxygen atoms in total. The Hall–Kier alpha value is -3.08. The Labute approximate surface area is 144 Å².